The lowest BCUT2D eigenvalue weighted by Gasteiger charge is -2.34. The molecule has 3 aromatic rings. The molecule has 4 N–H and O–H groups in total. The molecular formula is C33H37Br2N3O5. The predicted octanol–water partition coefficient (Wildman–Crippen LogP) is 5.79. The number of aliphatic hydroxyl groups excluding tert-OH is 1. The van der Waals surface area contributed by atoms with Gasteiger partial charge >= 0.3 is 0 Å². The van der Waals surface area contributed by atoms with Gasteiger partial charge in [-0.3, -0.25) is 10.2 Å². The largest absolute Gasteiger partial charge is 0.494 e. The average molecular weight is 715 g/mol. The maximum atomic E-state index is 14.3. The van der Waals surface area contributed by atoms with Crippen LogP contribution in [0.2, 0.25) is 0 Å². The van der Waals surface area contributed by atoms with Crippen molar-refractivity contribution in [2.24, 2.45) is 4.99 Å². The Hall–Kier alpha value is -2.76. The standard InChI is InChI=1S/C33H37Br2N3O5/c34-26-11-5-23(6-12-26)21-33(31(40)38-36-22-32(41)17-2-1-3-18-32)29(24-7-13-27(35)14-8-24)43-30(37-33)25-9-15-28(16-10-25)42-20-4-19-39/h5-16,29,36,39,41H,1-4,17-22H2,(H,38,40)/t29-,33-/m0/s1. The van der Waals surface area contributed by atoms with E-state index < -0.39 is 17.2 Å². The first kappa shape index (κ1) is 31.7. The van der Waals surface area contributed by atoms with Crippen LogP contribution in [0.15, 0.2) is 86.7 Å². The van der Waals surface area contributed by atoms with Gasteiger partial charge in [0.1, 0.15) is 5.75 Å². The van der Waals surface area contributed by atoms with Crippen LogP contribution in [0, 0.1) is 0 Å². The molecular weight excluding hydrogens is 678 g/mol. The Morgan fingerprint density at radius 1 is 0.953 bits per heavy atom. The molecule has 3 aromatic carbocycles. The van der Waals surface area contributed by atoms with Crippen molar-refractivity contribution in [3.8, 4) is 5.75 Å². The fraction of sp³-hybridized carbons (Fsp3) is 0.394. The van der Waals surface area contributed by atoms with E-state index in [2.05, 4.69) is 42.7 Å². The Balaban J connectivity index is 1.49. The van der Waals surface area contributed by atoms with Crippen molar-refractivity contribution < 1.29 is 24.5 Å². The number of aliphatic imine (C=N–C) groups is 1. The van der Waals surface area contributed by atoms with Gasteiger partial charge in [0.15, 0.2) is 11.6 Å². The Kier molecular flexibility index (Phi) is 10.6. The average Bonchev–Trinajstić information content (AvgIpc) is 3.40. The lowest BCUT2D eigenvalue weighted by atomic mass is 9.82. The Labute approximate surface area is 269 Å². The van der Waals surface area contributed by atoms with Gasteiger partial charge in [-0.15, -0.1) is 0 Å². The van der Waals surface area contributed by atoms with Crippen LogP contribution in [-0.2, 0) is 16.0 Å². The van der Waals surface area contributed by atoms with Gasteiger partial charge in [0.05, 0.1) is 12.2 Å². The third-order valence-electron chi connectivity index (χ3n) is 7.99. The van der Waals surface area contributed by atoms with Gasteiger partial charge in [0, 0.05) is 40.5 Å². The van der Waals surface area contributed by atoms with Crippen molar-refractivity contribution >= 4 is 43.7 Å². The minimum absolute atomic E-state index is 0.0663. The fourth-order valence-electron chi connectivity index (χ4n) is 5.62. The fourth-order valence-corrected chi connectivity index (χ4v) is 6.15. The molecule has 0 bridgehead atoms. The topological polar surface area (TPSA) is 112 Å². The normalized spacial score (nSPS) is 21.1. The molecule has 2 atom stereocenters. The van der Waals surface area contributed by atoms with Crippen molar-refractivity contribution in [2.75, 3.05) is 19.8 Å². The van der Waals surface area contributed by atoms with Crippen LogP contribution in [0.3, 0.4) is 0 Å². The summed E-state index contributed by atoms with van der Waals surface area (Å²) in [5.41, 5.74) is 6.18. The summed E-state index contributed by atoms with van der Waals surface area (Å²) in [6.45, 7) is 0.736. The SMILES string of the molecule is O=C(NNCC1(O)CCCCC1)[C@@]1(Cc2ccc(Br)cc2)N=C(c2ccc(OCCCO)cc2)O[C@H]1c1ccc(Br)cc1. The van der Waals surface area contributed by atoms with E-state index in [1.807, 2.05) is 72.8 Å². The molecule has 10 heteroatoms. The molecule has 0 aromatic heterocycles. The third-order valence-corrected chi connectivity index (χ3v) is 9.05. The quantitative estimate of drug-likeness (QED) is 0.140. The van der Waals surface area contributed by atoms with Crippen LogP contribution in [0.25, 0.3) is 0 Å². The predicted molar refractivity (Wildman–Crippen MR) is 173 cm³/mol. The minimum Gasteiger partial charge on any atom is -0.494 e. The molecule has 0 unspecified atom stereocenters. The van der Waals surface area contributed by atoms with Crippen LogP contribution in [-0.4, -0.2) is 52.9 Å². The first-order valence-electron chi connectivity index (χ1n) is 14.7. The number of halogens is 2. The van der Waals surface area contributed by atoms with Crippen LogP contribution >= 0.6 is 31.9 Å². The molecule has 1 aliphatic carbocycles. The molecule has 43 heavy (non-hydrogen) atoms. The zero-order valence-corrected chi connectivity index (χ0v) is 27.1. The number of rotatable bonds is 12. The van der Waals surface area contributed by atoms with Gasteiger partial charge in [-0.25, -0.2) is 10.4 Å². The summed E-state index contributed by atoms with van der Waals surface area (Å²) in [4.78, 5) is 19.4. The smallest absolute Gasteiger partial charge is 0.266 e. The van der Waals surface area contributed by atoms with Crippen LogP contribution in [0.1, 0.15) is 61.3 Å². The van der Waals surface area contributed by atoms with Gasteiger partial charge < -0.3 is 19.7 Å². The summed E-state index contributed by atoms with van der Waals surface area (Å²) in [7, 11) is 0. The van der Waals surface area contributed by atoms with E-state index >= 15 is 0 Å². The van der Waals surface area contributed by atoms with E-state index in [-0.39, 0.29) is 25.5 Å². The Morgan fingerprint density at radius 2 is 1.60 bits per heavy atom. The molecule has 1 fully saturated rings. The van der Waals surface area contributed by atoms with Gasteiger partial charge in [0.25, 0.3) is 5.91 Å². The van der Waals surface area contributed by atoms with Crippen LogP contribution in [0.4, 0.5) is 0 Å². The first-order valence-corrected chi connectivity index (χ1v) is 16.3. The van der Waals surface area contributed by atoms with E-state index in [4.69, 9.17) is 19.6 Å². The summed E-state index contributed by atoms with van der Waals surface area (Å²) in [5.74, 6) is 0.679. The van der Waals surface area contributed by atoms with Gasteiger partial charge in [-0.05, 0) is 72.5 Å². The number of amides is 1. The minimum atomic E-state index is -1.35. The number of aliphatic hydroxyl groups is 2. The second kappa shape index (κ2) is 14.3. The maximum absolute atomic E-state index is 14.3. The number of carbonyl (C=O) groups is 1. The lowest BCUT2D eigenvalue weighted by molar-refractivity contribution is -0.130. The Bertz CT molecular complexity index is 1390. The molecule has 1 saturated carbocycles. The van der Waals surface area contributed by atoms with Crippen LogP contribution < -0.4 is 15.6 Å². The molecule has 1 amide bonds. The number of benzene rings is 3. The summed E-state index contributed by atoms with van der Waals surface area (Å²) >= 11 is 7.02. The highest BCUT2D eigenvalue weighted by molar-refractivity contribution is 9.10. The lowest BCUT2D eigenvalue weighted by Crippen LogP contribution is -2.56. The van der Waals surface area contributed by atoms with Crippen molar-refractivity contribution in [1.82, 2.24) is 10.9 Å². The monoisotopic (exact) mass is 713 g/mol. The molecule has 5 rings (SSSR count). The number of ether oxygens (including phenoxy) is 2. The highest BCUT2D eigenvalue weighted by atomic mass is 79.9. The van der Waals surface area contributed by atoms with E-state index in [0.717, 1.165) is 39.3 Å². The second-order valence-electron chi connectivity index (χ2n) is 11.2. The van der Waals surface area contributed by atoms with Crippen molar-refractivity contribution in [1.29, 1.82) is 0 Å². The van der Waals surface area contributed by atoms with Crippen molar-refractivity contribution in [3.05, 3.63) is 98.4 Å². The number of carbonyl (C=O) groups excluding carboxylic acids is 1. The summed E-state index contributed by atoms with van der Waals surface area (Å²) < 4.78 is 14.1. The molecule has 2 aliphatic rings. The van der Waals surface area contributed by atoms with Crippen molar-refractivity contribution in [3.63, 3.8) is 0 Å². The van der Waals surface area contributed by atoms with E-state index in [1.54, 1.807) is 0 Å². The van der Waals surface area contributed by atoms with Gasteiger partial charge in [-0.2, -0.15) is 0 Å². The molecule has 0 spiro atoms. The maximum Gasteiger partial charge on any atom is 0.266 e. The van der Waals surface area contributed by atoms with E-state index in [9.17, 15) is 9.90 Å². The van der Waals surface area contributed by atoms with Crippen molar-refractivity contribution in [2.45, 2.75) is 62.2 Å². The number of hydrogen-bond acceptors (Lipinski definition) is 7. The zero-order chi connectivity index (χ0) is 30.3. The molecule has 0 saturated heterocycles. The summed E-state index contributed by atoms with van der Waals surface area (Å²) in [6.07, 6.45) is 4.56. The summed E-state index contributed by atoms with van der Waals surface area (Å²) in [6, 6.07) is 22.9. The highest BCUT2D eigenvalue weighted by Crippen LogP contribution is 2.43. The zero-order valence-electron chi connectivity index (χ0n) is 23.9. The van der Waals surface area contributed by atoms with E-state index in [1.165, 1.54) is 0 Å². The Morgan fingerprint density at radius 3 is 2.26 bits per heavy atom. The number of hydrazine groups is 1. The van der Waals surface area contributed by atoms with E-state index in [0.29, 0.717) is 43.1 Å². The van der Waals surface area contributed by atoms with Gasteiger partial charge in [-0.1, -0.05) is 75.4 Å². The molecule has 228 valence electrons. The molecule has 1 aliphatic heterocycles. The number of nitrogens with zero attached hydrogens (tertiary/aromatic N) is 1. The molecule has 1 heterocycles. The van der Waals surface area contributed by atoms with Gasteiger partial charge in [0.2, 0.25) is 5.90 Å². The second-order valence-corrected chi connectivity index (χ2v) is 13.1. The molecule has 0 radical (unpaired) electrons. The first-order chi connectivity index (χ1) is 20.8. The number of nitrogens with one attached hydrogen (secondary N) is 2. The number of hydrogen-bond donors (Lipinski definition) is 4. The highest BCUT2D eigenvalue weighted by Gasteiger charge is 2.53. The third kappa shape index (κ3) is 7.85. The van der Waals surface area contributed by atoms with Crippen LogP contribution in [0.5, 0.6) is 5.75 Å². The molecule has 8 nitrogen and oxygen atoms in total. The summed E-state index contributed by atoms with van der Waals surface area (Å²) in [5, 5.41) is 20.1.